The molecule has 4 heterocycles. The number of nitrogens with one attached hydrogen (secondary N) is 2. The average molecular weight is 518 g/mol. The van der Waals surface area contributed by atoms with Gasteiger partial charge in [0.2, 0.25) is 6.79 Å². The highest BCUT2D eigenvalue weighted by molar-refractivity contribution is 7.13. The molecule has 1 fully saturated rings. The van der Waals surface area contributed by atoms with Gasteiger partial charge in [-0.05, 0) is 48.9 Å². The van der Waals surface area contributed by atoms with Gasteiger partial charge in [0, 0.05) is 54.1 Å². The second-order valence-corrected chi connectivity index (χ2v) is 9.78. The van der Waals surface area contributed by atoms with Gasteiger partial charge in [-0.15, -0.1) is 11.3 Å². The number of fused-ring (bicyclic) bond motifs is 2. The minimum Gasteiger partial charge on any atom is -0.454 e. The summed E-state index contributed by atoms with van der Waals surface area (Å²) in [5.74, 6) is 1.10. The van der Waals surface area contributed by atoms with Gasteiger partial charge >= 0.3 is 0 Å². The predicted octanol–water partition coefficient (Wildman–Crippen LogP) is 3.81. The van der Waals surface area contributed by atoms with E-state index in [1.165, 1.54) is 0 Å². The Morgan fingerprint density at radius 1 is 1.27 bits per heavy atom. The van der Waals surface area contributed by atoms with Gasteiger partial charge in [0.1, 0.15) is 5.01 Å². The molecule has 2 aromatic carbocycles. The van der Waals surface area contributed by atoms with E-state index < -0.39 is 0 Å². The summed E-state index contributed by atoms with van der Waals surface area (Å²) in [5, 5.41) is 11.4. The van der Waals surface area contributed by atoms with E-state index in [2.05, 4.69) is 44.8 Å². The van der Waals surface area contributed by atoms with Crippen molar-refractivity contribution in [1.82, 2.24) is 20.3 Å². The molecule has 10 heteroatoms. The van der Waals surface area contributed by atoms with Gasteiger partial charge in [0.05, 0.1) is 30.2 Å². The van der Waals surface area contributed by atoms with Gasteiger partial charge in [-0.2, -0.15) is 5.10 Å². The SMILES string of the molecule is CCn1cc(C(=O)N/N=C/c2ccc3c(c2)OCO3)c2cc(-c3nc(CC4CNCCO4)cs3)ccc21. The van der Waals surface area contributed by atoms with Crippen LogP contribution in [0.4, 0.5) is 0 Å². The Morgan fingerprint density at radius 2 is 2.19 bits per heavy atom. The van der Waals surface area contributed by atoms with Crippen LogP contribution in [0, 0.1) is 0 Å². The van der Waals surface area contributed by atoms with Crippen molar-refractivity contribution >= 4 is 34.4 Å². The molecule has 1 atom stereocenters. The van der Waals surface area contributed by atoms with Gasteiger partial charge in [0.25, 0.3) is 5.91 Å². The maximum atomic E-state index is 13.1. The molecular formula is C27H27N5O4S. The van der Waals surface area contributed by atoms with Crippen molar-refractivity contribution in [2.45, 2.75) is 26.0 Å². The Hall–Kier alpha value is -3.73. The topological polar surface area (TPSA) is 99.0 Å². The maximum absolute atomic E-state index is 13.1. The number of carbonyl (C=O) groups excluding carboxylic acids is 1. The zero-order valence-electron chi connectivity index (χ0n) is 20.4. The van der Waals surface area contributed by atoms with Crippen molar-refractivity contribution in [3.63, 3.8) is 0 Å². The summed E-state index contributed by atoms with van der Waals surface area (Å²) in [5.41, 5.74) is 7.04. The van der Waals surface area contributed by atoms with Gasteiger partial charge in [0.15, 0.2) is 11.5 Å². The third-order valence-corrected chi connectivity index (χ3v) is 7.42. The lowest BCUT2D eigenvalue weighted by atomic mass is 10.1. The molecule has 190 valence electrons. The molecule has 1 saturated heterocycles. The number of nitrogens with zero attached hydrogens (tertiary/aromatic N) is 3. The molecule has 1 amide bonds. The Kier molecular flexibility index (Phi) is 6.60. The lowest BCUT2D eigenvalue weighted by Crippen LogP contribution is -2.39. The number of hydrogen-bond acceptors (Lipinski definition) is 8. The molecule has 4 aromatic rings. The molecule has 2 aromatic heterocycles. The summed E-state index contributed by atoms with van der Waals surface area (Å²) in [4.78, 5) is 18.0. The summed E-state index contributed by atoms with van der Waals surface area (Å²) in [6, 6.07) is 11.7. The number of thiazole rings is 1. The molecular weight excluding hydrogens is 490 g/mol. The molecule has 0 bridgehead atoms. The Balaban J connectivity index is 1.22. The Bertz CT molecular complexity index is 1470. The molecule has 0 aliphatic carbocycles. The number of ether oxygens (including phenoxy) is 3. The first-order chi connectivity index (χ1) is 18.2. The monoisotopic (exact) mass is 517 g/mol. The second-order valence-electron chi connectivity index (χ2n) is 8.92. The molecule has 1 unspecified atom stereocenters. The molecule has 2 aliphatic rings. The fourth-order valence-corrected chi connectivity index (χ4v) is 5.44. The van der Waals surface area contributed by atoms with Crippen LogP contribution in [0.5, 0.6) is 11.5 Å². The number of carbonyl (C=O) groups is 1. The lowest BCUT2D eigenvalue weighted by molar-refractivity contribution is 0.0287. The molecule has 6 rings (SSSR count). The zero-order valence-corrected chi connectivity index (χ0v) is 21.2. The smallest absolute Gasteiger partial charge is 0.273 e. The van der Waals surface area contributed by atoms with Crippen molar-refractivity contribution in [1.29, 1.82) is 0 Å². The number of hydrogen-bond donors (Lipinski definition) is 2. The van der Waals surface area contributed by atoms with Crippen molar-refractivity contribution in [2.24, 2.45) is 5.10 Å². The van der Waals surface area contributed by atoms with Gasteiger partial charge in [-0.3, -0.25) is 4.79 Å². The molecule has 0 radical (unpaired) electrons. The highest BCUT2D eigenvalue weighted by Gasteiger charge is 2.19. The fraction of sp³-hybridized carbons (Fsp3) is 0.296. The molecule has 9 nitrogen and oxygen atoms in total. The van der Waals surface area contributed by atoms with E-state index in [1.54, 1.807) is 17.6 Å². The third kappa shape index (κ3) is 4.95. The summed E-state index contributed by atoms with van der Waals surface area (Å²) in [6.07, 6.45) is 4.40. The van der Waals surface area contributed by atoms with Gasteiger partial charge < -0.3 is 24.1 Å². The summed E-state index contributed by atoms with van der Waals surface area (Å²) in [6.45, 7) is 5.50. The lowest BCUT2D eigenvalue weighted by Gasteiger charge is -2.22. The van der Waals surface area contributed by atoms with Crippen LogP contribution in [0.1, 0.15) is 28.5 Å². The summed E-state index contributed by atoms with van der Waals surface area (Å²) >= 11 is 1.61. The maximum Gasteiger partial charge on any atom is 0.273 e. The van der Waals surface area contributed by atoms with Crippen LogP contribution in [0.2, 0.25) is 0 Å². The molecule has 2 N–H and O–H groups in total. The van der Waals surface area contributed by atoms with E-state index in [0.29, 0.717) is 17.1 Å². The van der Waals surface area contributed by atoms with Gasteiger partial charge in [-0.25, -0.2) is 10.4 Å². The molecule has 37 heavy (non-hydrogen) atoms. The number of rotatable bonds is 7. The van der Waals surface area contributed by atoms with Crippen LogP contribution in [0.3, 0.4) is 0 Å². The largest absolute Gasteiger partial charge is 0.454 e. The van der Waals surface area contributed by atoms with Crippen molar-refractivity contribution in [3.05, 3.63) is 64.8 Å². The summed E-state index contributed by atoms with van der Waals surface area (Å²) in [7, 11) is 0. The molecule has 2 aliphatic heterocycles. The Labute approximate surface area is 218 Å². The van der Waals surface area contributed by atoms with E-state index in [0.717, 1.165) is 65.4 Å². The van der Waals surface area contributed by atoms with E-state index in [1.807, 2.05) is 30.5 Å². The predicted molar refractivity (Wildman–Crippen MR) is 143 cm³/mol. The quantitative estimate of drug-likeness (QED) is 0.286. The number of morpholine rings is 1. The van der Waals surface area contributed by atoms with Crippen molar-refractivity contribution in [2.75, 3.05) is 26.5 Å². The van der Waals surface area contributed by atoms with Crippen LogP contribution >= 0.6 is 11.3 Å². The highest BCUT2D eigenvalue weighted by Crippen LogP contribution is 2.32. The average Bonchev–Trinajstić information content (AvgIpc) is 3.67. The van der Waals surface area contributed by atoms with Crippen LogP contribution < -0.4 is 20.2 Å². The first kappa shape index (κ1) is 23.7. The summed E-state index contributed by atoms with van der Waals surface area (Å²) < 4.78 is 18.6. The van der Waals surface area contributed by atoms with Gasteiger partial charge in [-0.1, -0.05) is 0 Å². The first-order valence-electron chi connectivity index (χ1n) is 12.3. The van der Waals surface area contributed by atoms with Crippen LogP contribution in [0.15, 0.2) is 53.1 Å². The third-order valence-electron chi connectivity index (χ3n) is 6.48. The number of aryl methyl sites for hydroxylation is 1. The van der Waals surface area contributed by atoms with Crippen molar-refractivity contribution < 1.29 is 19.0 Å². The van der Waals surface area contributed by atoms with Crippen LogP contribution in [-0.2, 0) is 17.7 Å². The van der Waals surface area contributed by atoms with Crippen LogP contribution in [-0.4, -0.2) is 54.3 Å². The molecule has 0 spiro atoms. The number of hydrazone groups is 1. The minimum absolute atomic E-state index is 0.151. The number of aromatic nitrogens is 2. The number of benzene rings is 2. The minimum atomic E-state index is -0.270. The fourth-order valence-electron chi connectivity index (χ4n) is 4.61. The zero-order chi connectivity index (χ0) is 25.2. The standard InChI is InChI=1S/C27H27N5O4S/c1-2-32-14-22(26(33)31-29-12-17-3-6-24-25(9-17)36-16-35-24)21-10-18(4-5-23(21)32)27-30-19(15-37-27)11-20-13-28-7-8-34-20/h3-6,9-10,12,14-15,20,28H,2,7-8,11,13,16H2,1H3,(H,31,33)/b29-12+. The highest BCUT2D eigenvalue weighted by atomic mass is 32.1. The van der Waals surface area contributed by atoms with Crippen LogP contribution in [0.25, 0.3) is 21.5 Å². The number of amides is 1. The van der Waals surface area contributed by atoms with Crippen molar-refractivity contribution in [3.8, 4) is 22.1 Å². The van der Waals surface area contributed by atoms with E-state index in [9.17, 15) is 4.79 Å². The normalized spacial score (nSPS) is 17.1. The Morgan fingerprint density at radius 3 is 3.05 bits per heavy atom. The molecule has 0 saturated carbocycles. The first-order valence-corrected chi connectivity index (χ1v) is 13.2. The van der Waals surface area contributed by atoms with E-state index in [4.69, 9.17) is 19.2 Å². The second kappa shape index (κ2) is 10.3. The van der Waals surface area contributed by atoms with E-state index >= 15 is 0 Å². The van der Waals surface area contributed by atoms with E-state index in [-0.39, 0.29) is 18.8 Å².